The van der Waals surface area contributed by atoms with Gasteiger partial charge in [0.1, 0.15) is 17.4 Å². The summed E-state index contributed by atoms with van der Waals surface area (Å²) in [5.41, 5.74) is -0.360. The Morgan fingerprint density at radius 1 is 1.20 bits per heavy atom. The van der Waals surface area contributed by atoms with Crippen molar-refractivity contribution in [1.29, 1.82) is 0 Å². The highest BCUT2D eigenvalue weighted by atomic mass is 19.4. The van der Waals surface area contributed by atoms with Gasteiger partial charge in [-0.1, -0.05) is 6.07 Å². The van der Waals surface area contributed by atoms with E-state index in [-0.39, 0.29) is 12.1 Å². The lowest BCUT2D eigenvalue weighted by atomic mass is 10.3. The minimum absolute atomic E-state index is 0.0363. The van der Waals surface area contributed by atoms with Crippen LogP contribution in [0.5, 0.6) is 11.6 Å². The molecule has 0 spiro atoms. The van der Waals surface area contributed by atoms with Crippen LogP contribution in [0.25, 0.3) is 0 Å². The second kappa shape index (κ2) is 7.16. The van der Waals surface area contributed by atoms with Crippen LogP contribution in [0.15, 0.2) is 30.5 Å². The van der Waals surface area contributed by atoms with Gasteiger partial charge < -0.3 is 14.8 Å². The number of hydrogen-bond donors (Lipinski definition) is 1. The van der Waals surface area contributed by atoms with Crippen molar-refractivity contribution in [2.45, 2.75) is 38.0 Å². The number of halogens is 3. The average Bonchev–Trinajstić information content (AvgIpc) is 3.07. The van der Waals surface area contributed by atoms with Gasteiger partial charge in [-0.15, -0.1) is 0 Å². The monoisotopic (exact) mass is 353 g/mol. The summed E-state index contributed by atoms with van der Waals surface area (Å²) in [4.78, 5) is 7.72. The van der Waals surface area contributed by atoms with Gasteiger partial charge in [0.05, 0.1) is 7.11 Å². The first kappa shape index (κ1) is 17.3. The molecule has 0 amide bonds. The van der Waals surface area contributed by atoms with Crippen LogP contribution >= 0.6 is 0 Å². The molecular weight excluding hydrogens is 335 g/mol. The Balaban J connectivity index is 1.86. The molecule has 0 bridgehead atoms. The van der Waals surface area contributed by atoms with Gasteiger partial charge in [0.2, 0.25) is 11.8 Å². The number of alkyl halides is 3. The summed E-state index contributed by atoms with van der Waals surface area (Å²) in [6.45, 7) is 0. The Hall–Kier alpha value is -2.51. The Labute approximate surface area is 143 Å². The highest BCUT2D eigenvalue weighted by molar-refractivity contribution is 5.56. The molecule has 1 aliphatic carbocycles. The predicted octanol–water partition coefficient (Wildman–Crippen LogP) is 4.57. The zero-order valence-electron chi connectivity index (χ0n) is 13.6. The standard InChI is InChI=1S/C17H18F3N3O2/c1-24-13-8-4-5-11(9-13)22-16-21-10-14(17(18,19)20)15(23-16)25-12-6-2-3-7-12/h4-5,8-10,12H,2-3,6-7H2,1H3,(H,21,22,23). The van der Waals surface area contributed by atoms with Crippen molar-refractivity contribution in [2.75, 3.05) is 12.4 Å². The van der Waals surface area contributed by atoms with Crippen molar-refractivity contribution in [3.63, 3.8) is 0 Å². The molecule has 1 N–H and O–H groups in total. The van der Waals surface area contributed by atoms with Crippen LogP contribution in [-0.4, -0.2) is 23.2 Å². The van der Waals surface area contributed by atoms with Gasteiger partial charge in [-0.3, -0.25) is 0 Å². The van der Waals surface area contributed by atoms with E-state index in [1.807, 2.05) is 0 Å². The summed E-state index contributed by atoms with van der Waals surface area (Å²) in [7, 11) is 1.53. The molecule has 134 valence electrons. The average molecular weight is 353 g/mol. The number of aromatic nitrogens is 2. The van der Waals surface area contributed by atoms with Crippen molar-refractivity contribution in [3.05, 3.63) is 36.0 Å². The fourth-order valence-corrected chi connectivity index (χ4v) is 2.70. The van der Waals surface area contributed by atoms with Crippen LogP contribution in [0, 0.1) is 0 Å². The highest BCUT2D eigenvalue weighted by Gasteiger charge is 2.37. The van der Waals surface area contributed by atoms with E-state index in [2.05, 4.69) is 15.3 Å². The number of anilines is 2. The Morgan fingerprint density at radius 3 is 2.64 bits per heavy atom. The molecule has 1 aliphatic rings. The molecular formula is C17H18F3N3O2. The van der Waals surface area contributed by atoms with Crippen molar-refractivity contribution in [1.82, 2.24) is 9.97 Å². The van der Waals surface area contributed by atoms with E-state index in [4.69, 9.17) is 9.47 Å². The van der Waals surface area contributed by atoms with Gasteiger partial charge in [-0.05, 0) is 37.8 Å². The van der Waals surface area contributed by atoms with Gasteiger partial charge >= 0.3 is 6.18 Å². The quantitative estimate of drug-likeness (QED) is 0.853. The summed E-state index contributed by atoms with van der Waals surface area (Å²) >= 11 is 0. The molecule has 0 unspecified atom stereocenters. The zero-order valence-corrected chi connectivity index (χ0v) is 13.6. The first-order valence-electron chi connectivity index (χ1n) is 7.97. The summed E-state index contributed by atoms with van der Waals surface area (Å²) in [6.07, 6.45) is -0.680. The molecule has 2 aromatic rings. The van der Waals surface area contributed by atoms with Gasteiger partial charge in [-0.2, -0.15) is 18.2 Å². The molecule has 1 aromatic heterocycles. The van der Waals surface area contributed by atoms with Gasteiger partial charge in [-0.25, -0.2) is 4.98 Å². The molecule has 0 radical (unpaired) electrons. The summed E-state index contributed by atoms with van der Waals surface area (Å²) in [5, 5.41) is 2.87. The maximum Gasteiger partial charge on any atom is 0.423 e. The zero-order chi connectivity index (χ0) is 17.9. The first-order valence-corrected chi connectivity index (χ1v) is 7.97. The van der Waals surface area contributed by atoms with Crippen molar-refractivity contribution >= 4 is 11.6 Å². The fourth-order valence-electron chi connectivity index (χ4n) is 2.70. The fraction of sp³-hybridized carbons (Fsp3) is 0.412. The molecule has 1 aromatic carbocycles. The van der Waals surface area contributed by atoms with Gasteiger partial charge in [0.15, 0.2) is 0 Å². The second-order valence-electron chi connectivity index (χ2n) is 5.79. The Kier molecular flexibility index (Phi) is 4.96. The SMILES string of the molecule is COc1cccc(Nc2ncc(C(F)(F)F)c(OC3CCCC3)n2)c1. The van der Waals surface area contributed by atoms with Crippen molar-refractivity contribution < 1.29 is 22.6 Å². The number of nitrogens with zero attached hydrogens (tertiary/aromatic N) is 2. The number of nitrogens with one attached hydrogen (secondary N) is 1. The van der Waals surface area contributed by atoms with Gasteiger partial charge in [0, 0.05) is 18.0 Å². The smallest absolute Gasteiger partial charge is 0.423 e. The summed E-state index contributed by atoms with van der Waals surface area (Å²) in [5.74, 6) is 0.216. The lowest BCUT2D eigenvalue weighted by molar-refractivity contribution is -0.139. The molecule has 0 aliphatic heterocycles. The van der Waals surface area contributed by atoms with E-state index in [0.717, 1.165) is 31.9 Å². The minimum atomic E-state index is -4.57. The number of hydrogen-bond acceptors (Lipinski definition) is 5. The van der Waals surface area contributed by atoms with Gasteiger partial charge in [0.25, 0.3) is 0 Å². The molecule has 1 fully saturated rings. The lowest BCUT2D eigenvalue weighted by Gasteiger charge is -2.17. The molecule has 1 saturated carbocycles. The van der Waals surface area contributed by atoms with Crippen LogP contribution in [0.2, 0.25) is 0 Å². The van der Waals surface area contributed by atoms with Crippen molar-refractivity contribution in [3.8, 4) is 11.6 Å². The number of benzene rings is 1. The highest BCUT2D eigenvalue weighted by Crippen LogP contribution is 2.37. The molecule has 0 saturated heterocycles. The molecule has 5 nitrogen and oxygen atoms in total. The van der Waals surface area contributed by atoms with Crippen LogP contribution in [0.1, 0.15) is 31.2 Å². The third-order valence-electron chi connectivity index (χ3n) is 3.97. The van der Waals surface area contributed by atoms with E-state index in [0.29, 0.717) is 11.4 Å². The van der Waals surface area contributed by atoms with Crippen LogP contribution in [0.4, 0.5) is 24.8 Å². The number of rotatable bonds is 5. The number of ether oxygens (including phenoxy) is 2. The predicted molar refractivity (Wildman–Crippen MR) is 86.2 cm³/mol. The molecule has 8 heteroatoms. The summed E-state index contributed by atoms with van der Waals surface area (Å²) in [6, 6.07) is 6.94. The third kappa shape index (κ3) is 4.32. The first-order chi connectivity index (χ1) is 12.0. The van der Waals surface area contributed by atoms with Crippen LogP contribution < -0.4 is 14.8 Å². The lowest BCUT2D eigenvalue weighted by Crippen LogP contribution is -2.17. The molecule has 1 heterocycles. The molecule has 25 heavy (non-hydrogen) atoms. The van der Waals surface area contributed by atoms with E-state index in [1.165, 1.54) is 7.11 Å². The summed E-state index contributed by atoms with van der Waals surface area (Å²) < 4.78 is 50.2. The van der Waals surface area contributed by atoms with E-state index >= 15 is 0 Å². The van der Waals surface area contributed by atoms with E-state index in [1.54, 1.807) is 24.3 Å². The second-order valence-corrected chi connectivity index (χ2v) is 5.79. The number of methoxy groups -OCH3 is 1. The third-order valence-corrected chi connectivity index (χ3v) is 3.97. The Bertz CT molecular complexity index is 731. The minimum Gasteiger partial charge on any atom is -0.497 e. The topological polar surface area (TPSA) is 56.3 Å². The Morgan fingerprint density at radius 2 is 1.96 bits per heavy atom. The van der Waals surface area contributed by atoms with Crippen molar-refractivity contribution in [2.24, 2.45) is 0 Å². The van der Waals surface area contributed by atoms with E-state index < -0.39 is 17.6 Å². The van der Waals surface area contributed by atoms with Crippen LogP contribution in [0.3, 0.4) is 0 Å². The van der Waals surface area contributed by atoms with E-state index in [9.17, 15) is 13.2 Å². The normalized spacial score (nSPS) is 15.2. The molecule has 3 rings (SSSR count). The maximum atomic E-state index is 13.2. The van der Waals surface area contributed by atoms with Crippen LogP contribution in [-0.2, 0) is 6.18 Å². The largest absolute Gasteiger partial charge is 0.497 e. The molecule has 0 atom stereocenters. The maximum absolute atomic E-state index is 13.2.